The molecule has 0 spiro atoms. The van der Waals surface area contributed by atoms with Crippen molar-refractivity contribution >= 4 is 27.3 Å². The molecule has 24 heavy (non-hydrogen) atoms. The average Bonchev–Trinajstić information content (AvgIpc) is 2.80. The van der Waals surface area contributed by atoms with Gasteiger partial charge in [0.1, 0.15) is 4.21 Å². The van der Waals surface area contributed by atoms with E-state index in [1.165, 1.54) is 11.3 Å². The van der Waals surface area contributed by atoms with E-state index in [1.54, 1.807) is 10.4 Å². The van der Waals surface area contributed by atoms with Crippen LogP contribution in [0.3, 0.4) is 0 Å². The van der Waals surface area contributed by atoms with Crippen LogP contribution in [0.25, 0.3) is 0 Å². The molecule has 0 bridgehead atoms. The zero-order chi connectivity index (χ0) is 17.8. The Hall–Kier alpha value is -0.960. The molecule has 1 amide bonds. The molecule has 0 aromatic carbocycles. The zero-order valence-corrected chi connectivity index (χ0v) is 16.2. The van der Waals surface area contributed by atoms with Crippen molar-refractivity contribution in [3.05, 3.63) is 17.0 Å². The van der Waals surface area contributed by atoms with E-state index in [4.69, 9.17) is 0 Å². The molecule has 2 heterocycles. The van der Waals surface area contributed by atoms with Crippen LogP contribution in [-0.2, 0) is 21.2 Å². The number of sulfonamides is 1. The summed E-state index contributed by atoms with van der Waals surface area (Å²) in [7, 11) is -3.40. The second-order valence-corrected chi connectivity index (χ2v) is 10.3. The second-order valence-electron chi connectivity index (χ2n) is 6.98. The lowest BCUT2D eigenvalue weighted by atomic mass is 9.96. The molecule has 1 saturated heterocycles. The summed E-state index contributed by atoms with van der Waals surface area (Å²) in [6.07, 6.45) is 1.47. The Morgan fingerprint density at radius 2 is 2.04 bits per heavy atom. The number of hydrogen-bond donors (Lipinski definition) is 2. The third kappa shape index (κ3) is 5.02. The van der Waals surface area contributed by atoms with Crippen molar-refractivity contribution in [2.75, 3.05) is 32.7 Å². The van der Waals surface area contributed by atoms with Gasteiger partial charge in [-0.05, 0) is 31.5 Å². The maximum atomic E-state index is 12.7. The first-order valence-electron chi connectivity index (χ1n) is 8.29. The van der Waals surface area contributed by atoms with E-state index < -0.39 is 15.4 Å². The van der Waals surface area contributed by atoms with E-state index >= 15 is 0 Å². The molecule has 0 radical (unpaired) electrons. The number of thiophene rings is 1. The molecular formula is C16H27N3O3S2. The van der Waals surface area contributed by atoms with Crippen LogP contribution in [0.15, 0.2) is 16.3 Å². The topological polar surface area (TPSA) is 78.5 Å². The van der Waals surface area contributed by atoms with Crippen LogP contribution in [0.5, 0.6) is 0 Å². The summed E-state index contributed by atoms with van der Waals surface area (Å²) in [6.45, 7) is 8.74. The summed E-state index contributed by atoms with van der Waals surface area (Å²) in [5, 5.41) is 6.10. The van der Waals surface area contributed by atoms with Crippen LogP contribution in [0.4, 0.5) is 0 Å². The highest BCUT2D eigenvalue weighted by molar-refractivity contribution is 7.91. The third-order valence-electron chi connectivity index (χ3n) is 3.87. The highest BCUT2D eigenvalue weighted by Gasteiger charge is 2.26. The molecule has 1 fully saturated rings. The normalized spacial score (nSPS) is 17.5. The molecule has 8 heteroatoms. The molecule has 1 aromatic heterocycles. The standard InChI is InChI=1S/C16H27N3O3S2/c1-16(2,3)15(20)18-9-7-13-5-6-14(23-13)24(21,22)19-11-4-8-17-10-12-19/h5-6,17H,4,7-12H2,1-3H3,(H,18,20). The average molecular weight is 374 g/mol. The highest BCUT2D eigenvalue weighted by Crippen LogP contribution is 2.25. The van der Waals surface area contributed by atoms with Gasteiger partial charge in [-0.3, -0.25) is 4.79 Å². The van der Waals surface area contributed by atoms with E-state index in [2.05, 4.69) is 10.6 Å². The number of nitrogens with one attached hydrogen (secondary N) is 2. The first-order chi connectivity index (χ1) is 11.2. The zero-order valence-electron chi connectivity index (χ0n) is 14.6. The molecule has 1 aliphatic rings. The Bertz CT molecular complexity index is 654. The minimum Gasteiger partial charge on any atom is -0.355 e. The molecule has 6 nitrogen and oxygen atoms in total. The summed E-state index contributed by atoms with van der Waals surface area (Å²) in [5.74, 6) is 0.00367. The number of rotatable bonds is 5. The molecule has 2 rings (SSSR count). The summed E-state index contributed by atoms with van der Waals surface area (Å²) in [4.78, 5) is 12.8. The predicted octanol–water partition coefficient (Wildman–Crippen LogP) is 1.44. The fraction of sp³-hybridized carbons (Fsp3) is 0.688. The summed E-state index contributed by atoms with van der Waals surface area (Å²) < 4.78 is 27.4. The van der Waals surface area contributed by atoms with Crippen LogP contribution in [-0.4, -0.2) is 51.4 Å². The molecule has 0 unspecified atom stereocenters. The number of carbonyl (C=O) groups excluding carboxylic acids is 1. The summed E-state index contributed by atoms with van der Waals surface area (Å²) >= 11 is 1.30. The lowest BCUT2D eigenvalue weighted by Gasteiger charge is -2.18. The van der Waals surface area contributed by atoms with Crippen LogP contribution in [0.2, 0.25) is 0 Å². The Morgan fingerprint density at radius 1 is 1.29 bits per heavy atom. The highest BCUT2D eigenvalue weighted by atomic mass is 32.2. The van der Waals surface area contributed by atoms with Gasteiger partial charge in [0.15, 0.2) is 0 Å². The van der Waals surface area contributed by atoms with E-state index in [0.717, 1.165) is 17.8 Å². The van der Waals surface area contributed by atoms with Crippen LogP contribution in [0.1, 0.15) is 32.1 Å². The molecule has 2 N–H and O–H groups in total. The molecule has 0 saturated carbocycles. The van der Waals surface area contributed by atoms with Gasteiger partial charge in [-0.15, -0.1) is 11.3 Å². The van der Waals surface area contributed by atoms with Crippen LogP contribution >= 0.6 is 11.3 Å². The quantitative estimate of drug-likeness (QED) is 0.819. The van der Waals surface area contributed by atoms with Gasteiger partial charge in [0, 0.05) is 36.5 Å². The largest absolute Gasteiger partial charge is 0.355 e. The third-order valence-corrected chi connectivity index (χ3v) is 7.38. The van der Waals surface area contributed by atoms with Gasteiger partial charge in [-0.25, -0.2) is 8.42 Å². The fourth-order valence-electron chi connectivity index (χ4n) is 2.38. The molecule has 1 aromatic rings. The van der Waals surface area contributed by atoms with Crippen molar-refractivity contribution in [1.82, 2.24) is 14.9 Å². The van der Waals surface area contributed by atoms with Crippen LogP contribution < -0.4 is 10.6 Å². The van der Waals surface area contributed by atoms with Gasteiger partial charge in [-0.1, -0.05) is 20.8 Å². The molecule has 0 aliphatic carbocycles. The molecular weight excluding hydrogens is 346 g/mol. The van der Waals surface area contributed by atoms with Crippen molar-refractivity contribution in [3.8, 4) is 0 Å². The van der Waals surface area contributed by atoms with Crippen molar-refractivity contribution in [1.29, 1.82) is 0 Å². The van der Waals surface area contributed by atoms with E-state index in [9.17, 15) is 13.2 Å². The minimum absolute atomic E-state index is 0.00367. The lowest BCUT2D eigenvalue weighted by molar-refractivity contribution is -0.128. The molecule has 0 atom stereocenters. The van der Waals surface area contributed by atoms with Crippen molar-refractivity contribution < 1.29 is 13.2 Å². The van der Waals surface area contributed by atoms with Crippen molar-refractivity contribution in [2.24, 2.45) is 5.41 Å². The number of hydrogen-bond acceptors (Lipinski definition) is 5. The van der Waals surface area contributed by atoms with Crippen LogP contribution in [0, 0.1) is 5.41 Å². The van der Waals surface area contributed by atoms with Gasteiger partial charge in [0.05, 0.1) is 0 Å². The SMILES string of the molecule is CC(C)(C)C(=O)NCCc1ccc(S(=O)(=O)N2CCCNCC2)s1. The monoisotopic (exact) mass is 373 g/mol. The smallest absolute Gasteiger partial charge is 0.252 e. The molecule has 136 valence electrons. The summed E-state index contributed by atoms with van der Waals surface area (Å²) in [6, 6.07) is 3.52. The van der Waals surface area contributed by atoms with Crippen molar-refractivity contribution in [3.63, 3.8) is 0 Å². The Balaban J connectivity index is 1.95. The van der Waals surface area contributed by atoms with Gasteiger partial charge >= 0.3 is 0 Å². The first-order valence-corrected chi connectivity index (χ1v) is 10.5. The maximum absolute atomic E-state index is 12.7. The molecule has 1 aliphatic heterocycles. The van der Waals surface area contributed by atoms with E-state index in [-0.39, 0.29) is 5.91 Å². The van der Waals surface area contributed by atoms with Gasteiger partial charge in [-0.2, -0.15) is 4.31 Å². The first kappa shape index (κ1) is 19.4. The van der Waals surface area contributed by atoms with Gasteiger partial charge in [0.25, 0.3) is 10.0 Å². The fourth-order valence-corrected chi connectivity index (χ4v) is 5.37. The summed E-state index contributed by atoms with van der Waals surface area (Å²) in [5.41, 5.74) is -0.412. The Labute approximate surface area is 148 Å². The maximum Gasteiger partial charge on any atom is 0.252 e. The Kier molecular flexibility index (Phi) is 6.41. The number of nitrogens with zero attached hydrogens (tertiary/aromatic N) is 1. The second kappa shape index (κ2) is 7.95. The van der Waals surface area contributed by atoms with E-state index in [0.29, 0.717) is 36.8 Å². The predicted molar refractivity (Wildman–Crippen MR) is 96.7 cm³/mol. The Morgan fingerprint density at radius 3 is 2.75 bits per heavy atom. The number of carbonyl (C=O) groups is 1. The lowest BCUT2D eigenvalue weighted by Crippen LogP contribution is -2.35. The number of amides is 1. The van der Waals surface area contributed by atoms with Gasteiger partial charge < -0.3 is 10.6 Å². The minimum atomic E-state index is -3.40. The van der Waals surface area contributed by atoms with Gasteiger partial charge in [0.2, 0.25) is 5.91 Å². The van der Waals surface area contributed by atoms with Crippen molar-refractivity contribution in [2.45, 2.75) is 37.8 Å². The van der Waals surface area contributed by atoms with E-state index in [1.807, 2.05) is 26.8 Å².